The fourth-order valence-corrected chi connectivity index (χ4v) is 2.63. The minimum atomic E-state index is -4.42. The van der Waals surface area contributed by atoms with Gasteiger partial charge in [-0.05, 0) is 30.5 Å². The Morgan fingerprint density at radius 1 is 1.43 bits per heavy atom. The first-order valence-electron chi connectivity index (χ1n) is 7.58. The summed E-state index contributed by atoms with van der Waals surface area (Å²) in [5.41, 5.74) is -0.320. The van der Waals surface area contributed by atoms with E-state index in [1.807, 2.05) is 6.92 Å². The molecule has 0 radical (unpaired) electrons. The molecule has 2 rings (SSSR count). The quantitative estimate of drug-likeness (QED) is 0.873. The van der Waals surface area contributed by atoms with Crippen molar-refractivity contribution in [1.82, 2.24) is 10.6 Å². The number of hydrogen-bond donors (Lipinski definition) is 2. The predicted molar refractivity (Wildman–Crippen MR) is 78.4 cm³/mol. The molecule has 0 aliphatic carbocycles. The zero-order valence-electron chi connectivity index (χ0n) is 12.7. The summed E-state index contributed by atoms with van der Waals surface area (Å²) in [7, 11) is 0. The van der Waals surface area contributed by atoms with Crippen LogP contribution >= 0.6 is 0 Å². The highest BCUT2D eigenvalue weighted by atomic mass is 19.4. The number of hydrogen-bond acceptors (Lipinski definition) is 2. The molecule has 0 aromatic heterocycles. The summed E-state index contributed by atoms with van der Waals surface area (Å²) < 4.78 is 38.5. The van der Waals surface area contributed by atoms with Crippen LogP contribution in [-0.2, 0) is 15.8 Å². The van der Waals surface area contributed by atoms with Crippen LogP contribution in [0.15, 0.2) is 24.3 Å². The lowest BCUT2D eigenvalue weighted by molar-refractivity contribution is -0.137. The van der Waals surface area contributed by atoms with Crippen molar-refractivity contribution in [1.29, 1.82) is 0 Å². The molecule has 1 aliphatic rings. The van der Waals surface area contributed by atoms with Crippen LogP contribution in [0.2, 0.25) is 0 Å². The van der Waals surface area contributed by atoms with Crippen molar-refractivity contribution in [2.75, 3.05) is 0 Å². The maximum Gasteiger partial charge on any atom is 0.416 e. The topological polar surface area (TPSA) is 58.2 Å². The van der Waals surface area contributed by atoms with E-state index in [0.717, 1.165) is 12.1 Å². The molecule has 126 valence electrons. The number of rotatable bonds is 5. The largest absolute Gasteiger partial charge is 0.416 e. The number of carbonyl (C=O) groups is 2. The molecular weight excluding hydrogens is 309 g/mol. The van der Waals surface area contributed by atoms with Crippen molar-refractivity contribution in [3.63, 3.8) is 0 Å². The van der Waals surface area contributed by atoms with E-state index in [-0.39, 0.29) is 11.8 Å². The lowest BCUT2D eigenvalue weighted by atomic mass is 9.99. The molecule has 0 bridgehead atoms. The van der Waals surface area contributed by atoms with Gasteiger partial charge in [-0.15, -0.1) is 0 Å². The third-order valence-electron chi connectivity index (χ3n) is 3.82. The van der Waals surface area contributed by atoms with Crippen LogP contribution in [0.3, 0.4) is 0 Å². The normalized spacial score (nSPS) is 19.3. The van der Waals surface area contributed by atoms with Crippen LogP contribution in [0, 0.1) is 0 Å². The highest BCUT2D eigenvalue weighted by Gasteiger charge is 2.32. The first kappa shape index (κ1) is 17.3. The first-order valence-corrected chi connectivity index (χ1v) is 7.58. The lowest BCUT2D eigenvalue weighted by Gasteiger charge is -2.22. The number of carbonyl (C=O) groups excluding carboxylic acids is 2. The monoisotopic (exact) mass is 328 g/mol. The Kier molecular flexibility index (Phi) is 5.28. The van der Waals surface area contributed by atoms with Crippen LogP contribution in [0.5, 0.6) is 0 Å². The molecule has 2 N–H and O–H groups in total. The molecule has 1 fully saturated rings. The average molecular weight is 328 g/mol. The minimum Gasteiger partial charge on any atom is -0.348 e. The van der Waals surface area contributed by atoms with Crippen molar-refractivity contribution in [2.45, 2.75) is 50.9 Å². The second kappa shape index (κ2) is 7.02. The van der Waals surface area contributed by atoms with E-state index < -0.39 is 23.8 Å². The number of benzene rings is 1. The first-order chi connectivity index (χ1) is 10.8. The van der Waals surface area contributed by atoms with Gasteiger partial charge in [-0.1, -0.05) is 25.5 Å². The van der Waals surface area contributed by atoms with Crippen LogP contribution in [-0.4, -0.2) is 17.9 Å². The minimum absolute atomic E-state index is 0.184. The Balaban J connectivity index is 2.15. The molecular formula is C16H19F3N2O2. The van der Waals surface area contributed by atoms with Gasteiger partial charge in [0.25, 0.3) is 0 Å². The van der Waals surface area contributed by atoms with E-state index in [1.54, 1.807) is 6.07 Å². The van der Waals surface area contributed by atoms with Crippen molar-refractivity contribution < 1.29 is 22.8 Å². The van der Waals surface area contributed by atoms with Crippen LogP contribution in [0.4, 0.5) is 13.2 Å². The molecule has 1 heterocycles. The zero-order chi connectivity index (χ0) is 17.0. The molecule has 2 atom stereocenters. The molecule has 2 amide bonds. The second-order valence-corrected chi connectivity index (χ2v) is 5.63. The highest BCUT2D eigenvalue weighted by Crippen LogP contribution is 2.31. The van der Waals surface area contributed by atoms with Crippen LogP contribution < -0.4 is 10.6 Å². The molecule has 23 heavy (non-hydrogen) atoms. The molecule has 1 saturated heterocycles. The number of nitrogens with one attached hydrogen (secondary N) is 2. The van der Waals surface area contributed by atoms with Crippen molar-refractivity contribution in [3.05, 3.63) is 35.4 Å². The summed E-state index contributed by atoms with van der Waals surface area (Å²) >= 11 is 0. The van der Waals surface area contributed by atoms with Gasteiger partial charge in [-0.25, -0.2) is 0 Å². The molecule has 7 heteroatoms. The van der Waals surface area contributed by atoms with Gasteiger partial charge in [0.15, 0.2) is 0 Å². The summed E-state index contributed by atoms with van der Waals surface area (Å²) in [6.45, 7) is 1.89. The van der Waals surface area contributed by atoms with Crippen LogP contribution in [0.1, 0.15) is 49.8 Å². The van der Waals surface area contributed by atoms with E-state index in [4.69, 9.17) is 0 Å². The average Bonchev–Trinajstić information content (AvgIpc) is 2.93. The molecule has 0 spiro atoms. The van der Waals surface area contributed by atoms with E-state index >= 15 is 0 Å². The fourth-order valence-electron chi connectivity index (χ4n) is 2.63. The molecule has 4 nitrogen and oxygen atoms in total. The van der Waals surface area contributed by atoms with Gasteiger partial charge in [-0.2, -0.15) is 13.2 Å². The smallest absolute Gasteiger partial charge is 0.348 e. The Hall–Kier alpha value is -2.05. The van der Waals surface area contributed by atoms with E-state index in [9.17, 15) is 22.8 Å². The molecule has 1 aromatic rings. The fraction of sp³-hybridized carbons (Fsp3) is 0.500. The molecule has 1 aliphatic heterocycles. The van der Waals surface area contributed by atoms with E-state index in [0.29, 0.717) is 31.2 Å². The number of halogens is 3. The molecule has 0 saturated carbocycles. The number of amides is 2. The maximum absolute atomic E-state index is 12.8. The summed E-state index contributed by atoms with van der Waals surface area (Å²) in [6.07, 6.45) is -2.49. The molecule has 0 unspecified atom stereocenters. The van der Waals surface area contributed by atoms with E-state index in [1.165, 1.54) is 6.07 Å². The van der Waals surface area contributed by atoms with Gasteiger partial charge in [0, 0.05) is 6.42 Å². The lowest BCUT2D eigenvalue weighted by Crippen LogP contribution is -2.43. The van der Waals surface area contributed by atoms with Gasteiger partial charge in [0.2, 0.25) is 11.8 Å². The Labute approximate surface area is 132 Å². The predicted octanol–water partition coefficient (Wildman–Crippen LogP) is 2.94. The van der Waals surface area contributed by atoms with Crippen molar-refractivity contribution in [2.24, 2.45) is 0 Å². The second-order valence-electron chi connectivity index (χ2n) is 5.63. The third kappa shape index (κ3) is 4.46. The van der Waals surface area contributed by atoms with Crippen LogP contribution in [0.25, 0.3) is 0 Å². The summed E-state index contributed by atoms with van der Waals surface area (Å²) in [4.78, 5) is 23.4. The Morgan fingerprint density at radius 2 is 2.17 bits per heavy atom. The van der Waals surface area contributed by atoms with Gasteiger partial charge in [0.05, 0.1) is 11.6 Å². The zero-order valence-corrected chi connectivity index (χ0v) is 12.7. The molecule has 1 aromatic carbocycles. The van der Waals surface area contributed by atoms with Gasteiger partial charge in [-0.3, -0.25) is 9.59 Å². The van der Waals surface area contributed by atoms with Gasteiger partial charge in [0.1, 0.15) is 6.04 Å². The summed E-state index contributed by atoms with van der Waals surface area (Å²) in [5.74, 6) is -0.539. The Bertz CT molecular complexity index is 587. The van der Waals surface area contributed by atoms with Crippen molar-refractivity contribution in [3.8, 4) is 0 Å². The highest BCUT2D eigenvalue weighted by molar-refractivity contribution is 5.90. The van der Waals surface area contributed by atoms with Gasteiger partial charge < -0.3 is 10.6 Å². The van der Waals surface area contributed by atoms with Crippen molar-refractivity contribution >= 4 is 11.8 Å². The SMILES string of the molecule is CCC[C@@H](NC(=O)[C@H]1CCC(=O)N1)c1cccc(C(F)(F)F)c1. The Morgan fingerprint density at radius 3 is 2.74 bits per heavy atom. The van der Waals surface area contributed by atoms with E-state index in [2.05, 4.69) is 10.6 Å². The third-order valence-corrected chi connectivity index (χ3v) is 3.82. The summed E-state index contributed by atoms with van der Waals surface area (Å²) in [6, 6.07) is 3.87. The standard InChI is InChI=1S/C16H19F3N2O2/c1-2-4-12(21-15(23)13-7-8-14(22)20-13)10-5-3-6-11(9-10)16(17,18)19/h3,5-6,9,12-13H,2,4,7-8H2,1H3,(H,20,22)(H,21,23)/t12-,13-/m1/s1. The maximum atomic E-state index is 12.8. The number of alkyl halides is 3. The van der Waals surface area contributed by atoms with Gasteiger partial charge >= 0.3 is 6.18 Å². The summed E-state index contributed by atoms with van der Waals surface area (Å²) in [5, 5.41) is 5.31.